The van der Waals surface area contributed by atoms with Crippen LogP contribution in [0.4, 0.5) is 0 Å². The number of amidine groups is 1. The van der Waals surface area contributed by atoms with Gasteiger partial charge >= 0.3 is 0 Å². The molecule has 4 nitrogen and oxygen atoms in total. The summed E-state index contributed by atoms with van der Waals surface area (Å²) in [6.45, 7) is 0. The first-order chi connectivity index (χ1) is 7.81. The van der Waals surface area contributed by atoms with Crippen LogP contribution < -0.4 is 16.0 Å². The molecule has 86 valence electrons. The molecule has 0 amide bonds. The van der Waals surface area contributed by atoms with Gasteiger partial charge in [0.2, 0.25) is 0 Å². The molecule has 0 unspecified atom stereocenters. The van der Waals surface area contributed by atoms with Crippen LogP contribution in [0.3, 0.4) is 0 Å². The molecule has 0 atom stereocenters. The van der Waals surface area contributed by atoms with E-state index in [9.17, 15) is 0 Å². The Balaban J connectivity index is 2.00. The van der Waals surface area contributed by atoms with Crippen molar-refractivity contribution in [3.8, 4) is 5.75 Å². The first-order valence-corrected chi connectivity index (χ1v) is 5.48. The van der Waals surface area contributed by atoms with Crippen LogP contribution >= 0.6 is 0 Å². The van der Waals surface area contributed by atoms with Crippen LogP contribution in [0.15, 0.2) is 29.3 Å². The fourth-order valence-electron chi connectivity index (χ4n) is 1.49. The highest BCUT2D eigenvalue weighted by atomic mass is 16.5. The lowest BCUT2D eigenvalue weighted by Crippen LogP contribution is -2.32. The zero-order valence-corrected chi connectivity index (χ0v) is 9.44. The fourth-order valence-corrected chi connectivity index (χ4v) is 1.49. The van der Waals surface area contributed by atoms with Crippen molar-refractivity contribution < 1.29 is 4.74 Å². The van der Waals surface area contributed by atoms with E-state index in [1.165, 1.54) is 18.4 Å². The van der Waals surface area contributed by atoms with Crippen LogP contribution in [0, 0.1) is 0 Å². The van der Waals surface area contributed by atoms with Crippen LogP contribution in [0.25, 0.3) is 0 Å². The van der Waals surface area contributed by atoms with E-state index in [4.69, 9.17) is 10.6 Å². The molecule has 1 aliphatic carbocycles. The number of aliphatic imine (C=N–C) groups is 1. The molecule has 2 rings (SSSR count). The molecule has 1 fully saturated rings. The van der Waals surface area contributed by atoms with Crippen LogP contribution in [0.2, 0.25) is 0 Å². The summed E-state index contributed by atoms with van der Waals surface area (Å²) in [5.41, 5.74) is 3.85. The molecule has 1 aromatic rings. The lowest BCUT2D eigenvalue weighted by Gasteiger charge is -2.06. The second-order valence-corrected chi connectivity index (χ2v) is 3.98. The van der Waals surface area contributed by atoms with E-state index < -0.39 is 0 Å². The van der Waals surface area contributed by atoms with Gasteiger partial charge in [-0.15, -0.1) is 0 Å². The minimum absolute atomic E-state index is 0.490. The standard InChI is InChI=1S/C12H17N3O/c1-16-11-6-2-9(3-7-11)8-12(15-13)14-10-4-5-10/h2-3,6-7,10H,4-5,8,13H2,1H3,(H,14,15). The Hall–Kier alpha value is -1.55. The third kappa shape index (κ3) is 2.97. The number of nitrogens with two attached hydrogens (primary N) is 1. The highest BCUT2D eigenvalue weighted by molar-refractivity contribution is 5.84. The van der Waals surface area contributed by atoms with E-state index in [2.05, 4.69) is 10.4 Å². The summed E-state index contributed by atoms with van der Waals surface area (Å²) < 4.78 is 5.10. The SMILES string of the molecule is COc1ccc(CC(=NC2CC2)NN)cc1. The van der Waals surface area contributed by atoms with Gasteiger partial charge in [-0.05, 0) is 30.5 Å². The number of benzene rings is 1. The summed E-state index contributed by atoms with van der Waals surface area (Å²) in [7, 11) is 1.66. The van der Waals surface area contributed by atoms with Gasteiger partial charge in [0.25, 0.3) is 0 Å². The number of rotatable bonds is 4. The molecule has 3 N–H and O–H groups in total. The third-order valence-electron chi connectivity index (χ3n) is 2.58. The summed E-state index contributed by atoms with van der Waals surface area (Å²) in [4.78, 5) is 4.49. The molecule has 0 spiro atoms. The molecule has 0 aliphatic heterocycles. The van der Waals surface area contributed by atoms with Crippen LogP contribution in [0.5, 0.6) is 5.75 Å². The Labute approximate surface area is 95.5 Å². The average Bonchev–Trinajstić information content (AvgIpc) is 3.13. The molecular weight excluding hydrogens is 202 g/mol. The fraction of sp³-hybridized carbons (Fsp3) is 0.417. The predicted octanol–water partition coefficient (Wildman–Crippen LogP) is 1.26. The maximum atomic E-state index is 5.45. The maximum absolute atomic E-state index is 5.45. The number of hydrogen-bond donors (Lipinski definition) is 2. The minimum atomic E-state index is 0.490. The van der Waals surface area contributed by atoms with Gasteiger partial charge in [-0.1, -0.05) is 12.1 Å². The van der Waals surface area contributed by atoms with Crippen molar-refractivity contribution in [1.29, 1.82) is 0 Å². The van der Waals surface area contributed by atoms with Crippen LogP contribution in [-0.2, 0) is 6.42 Å². The monoisotopic (exact) mass is 219 g/mol. The Morgan fingerprint density at radius 3 is 2.62 bits per heavy atom. The number of nitrogens with zero attached hydrogens (tertiary/aromatic N) is 1. The van der Waals surface area contributed by atoms with Crippen LogP contribution in [-0.4, -0.2) is 19.0 Å². The van der Waals surface area contributed by atoms with Gasteiger partial charge in [0.05, 0.1) is 13.2 Å². The van der Waals surface area contributed by atoms with Crippen LogP contribution in [0.1, 0.15) is 18.4 Å². The van der Waals surface area contributed by atoms with Gasteiger partial charge in [-0.25, -0.2) is 5.84 Å². The minimum Gasteiger partial charge on any atom is -0.497 e. The van der Waals surface area contributed by atoms with E-state index in [1.54, 1.807) is 7.11 Å². The molecule has 1 aliphatic rings. The Morgan fingerprint density at radius 1 is 1.44 bits per heavy atom. The molecule has 16 heavy (non-hydrogen) atoms. The van der Waals surface area contributed by atoms with E-state index in [0.717, 1.165) is 18.0 Å². The molecule has 1 aromatic carbocycles. The average molecular weight is 219 g/mol. The van der Waals surface area contributed by atoms with E-state index in [0.29, 0.717) is 6.04 Å². The zero-order chi connectivity index (χ0) is 11.4. The smallest absolute Gasteiger partial charge is 0.118 e. The summed E-state index contributed by atoms with van der Waals surface area (Å²) in [5, 5.41) is 0. The molecule has 1 saturated carbocycles. The van der Waals surface area contributed by atoms with Gasteiger partial charge in [-0.2, -0.15) is 0 Å². The van der Waals surface area contributed by atoms with Crippen molar-refractivity contribution in [2.24, 2.45) is 10.8 Å². The molecule has 0 saturated heterocycles. The molecule has 0 aromatic heterocycles. The van der Waals surface area contributed by atoms with Crippen molar-refractivity contribution in [3.05, 3.63) is 29.8 Å². The Kier molecular flexibility index (Phi) is 3.41. The number of methoxy groups -OCH3 is 1. The van der Waals surface area contributed by atoms with Crippen molar-refractivity contribution in [2.75, 3.05) is 7.11 Å². The quantitative estimate of drug-likeness (QED) is 0.347. The summed E-state index contributed by atoms with van der Waals surface area (Å²) >= 11 is 0. The topological polar surface area (TPSA) is 59.6 Å². The lowest BCUT2D eigenvalue weighted by molar-refractivity contribution is 0.414. The Morgan fingerprint density at radius 2 is 2.12 bits per heavy atom. The molecule has 0 heterocycles. The second-order valence-electron chi connectivity index (χ2n) is 3.98. The highest BCUT2D eigenvalue weighted by Crippen LogP contribution is 2.23. The molecule has 4 heteroatoms. The van der Waals surface area contributed by atoms with E-state index in [1.807, 2.05) is 24.3 Å². The van der Waals surface area contributed by atoms with Gasteiger partial charge in [0.15, 0.2) is 0 Å². The van der Waals surface area contributed by atoms with Gasteiger partial charge in [0.1, 0.15) is 11.6 Å². The third-order valence-corrected chi connectivity index (χ3v) is 2.58. The normalized spacial score (nSPS) is 16.0. The van der Waals surface area contributed by atoms with Crippen molar-refractivity contribution in [2.45, 2.75) is 25.3 Å². The van der Waals surface area contributed by atoms with Crippen molar-refractivity contribution in [3.63, 3.8) is 0 Å². The van der Waals surface area contributed by atoms with Crippen molar-refractivity contribution >= 4 is 5.84 Å². The predicted molar refractivity (Wildman–Crippen MR) is 64.5 cm³/mol. The van der Waals surface area contributed by atoms with E-state index in [-0.39, 0.29) is 0 Å². The number of hydrogen-bond acceptors (Lipinski definition) is 3. The highest BCUT2D eigenvalue weighted by Gasteiger charge is 2.20. The first kappa shape index (κ1) is 11.0. The van der Waals surface area contributed by atoms with E-state index >= 15 is 0 Å². The number of ether oxygens (including phenoxy) is 1. The largest absolute Gasteiger partial charge is 0.497 e. The molecule has 0 bridgehead atoms. The summed E-state index contributed by atoms with van der Waals surface area (Å²) in [6.07, 6.45) is 3.12. The zero-order valence-electron chi connectivity index (χ0n) is 9.44. The van der Waals surface area contributed by atoms with Gasteiger partial charge < -0.3 is 10.2 Å². The first-order valence-electron chi connectivity index (χ1n) is 5.48. The molecule has 0 radical (unpaired) electrons. The second kappa shape index (κ2) is 4.99. The van der Waals surface area contributed by atoms with Gasteiger partial charge in [0, 0.05) is 6.42 Å². The van der Waals surface area contributed by atoms with Crippen molar-refractivity contribution in [1.82, 2.24) is 5.43 Å². The van der Waals surface area contributed by atoms with Gasteiger partial charge in [-0.3, -0.25) is 4.99 Å². The number of nitrogens with one attached hydrogen (secondary N) is 1. The number of hydrazine groups is 1. The lowest BCUT2D eigenvalue weighted by atomic mass is 10.1. The maximum Gasteiger partial charge on any atom is 0.118 e. The summed E-state index contributed by atoms with van der Waals surface area (Å²) in [6, 6.07) is 8.43. The Bertz CT molecular complexity index is 368. The summed E-state index contributed by atoms with van der Waals surface area (Å²) in [5.74, 6) is 7.17. The molecular formula is C12H17N3O.